The summed E-state index contributed by atoms with van der Waals surface area (Å²) in [5.41, 5.74) is 5.59. The van der Waals surface area contributed by atoms with Crippen molar-refractivity contribution in [2.24, 2.45) is 11.1 Å². The quantitative estimate of drug-likeness (QED) is 0.660. The van der Waals surface area contributed by atoms with Crippen molar-refractivity contribution in [3.8, 4) is 0 Å². The first-order valence-electron chi connectivity index (χ1n) is 8.47. The molecule has 0 aliphatic carbocycles. The van der Waals surface area contributed by atoms with E-state index in [0.717, 1.165) is 0 Å². The van der Waals surface area contributed by atoms with Crippen LogP contribution in [0.25, 0.3) is 0 Å². The predicted octanol–water partition coefficient (Wildman–Crippen LogP) is 2.79. The number of thioether (sulfide) groups is 1. The normalized spacial score (nSPS) is 13.5. The third kappa shape index (κ3) is 6.31. The fourth-order valence-corrected chi connectivity index (χ4v) is 5.46. The molecule has 0 heterocycles. The maximum atomic E-state index is 12.6. The number of benzene rings is 1. The van der Waals surface area contributed by atoms with Crippen LogP contribution in [0.15, 0.2) is 34.1 Å². The topological polar surface area (TPSA) is 80.5 Å². The van der Waals surface area contributed by atoms with E-state index in [-0.39, 0.29) is 22.3 Å². The minimum absolute atomic E-state index is 0.0331. The smallest absolute Gasteiger partial charge is 0.235 e. The highest BCUT2D eigenvalue weighted by Gasteiger charge is 2.26. The van der Waals surface area contributed by atoms with Crippen molar-refractivity contribution < 1.29 is 13.2 Å². The van der Waals surface area contributed by atoms with E-state index in [1.54, 1.807) is 36.2 Å². The SMILES string of the molecule is CCCS(=O)(=O)c1ccccc1SC(C)C(=O)N(C)CC(C)(C)CN. The van der Waals surface area contributed by atoms with Crippen molar-refractivity contribution in [2.75, 3.05) is 25.9 Å². The van der Waals surface area contributed by atoms with Gasteiger partial charge in [0.2, 0.25) is 5.91 Å². The molecule has 1 aromatic carbocycles. The van der Waals surface area contributed by atoms with Gasteiger partial charge in [-0.2, -0.15) is 0 Å². The molecule has 1 amide bonds. The predicted molar refractivity (Wildman–Crippen MR) is 105 cm³/mol. The zero-order valence-electron chi connectivity index (χ0n) is 15.8. The van der Waals surface area contributed by atoms with E-state index in [1.807, 2.05) is 27.7 Å². The van der Waals surface area contributed by atoms with E-state index >= 15 is 0 Å². The Labute approximate surface area is 156 Å². The minimum atomic E-state index is -3.33. The van der Waals surface area contributed by atoms with Crippen LogP contribution < -0.4 is 5.73 Å². The fraction of sp³-hybridized carbons (Fsp3) is 0.611. The molecule has 0 spiro atoms. The molecule has 1 atom stereocenters. The summed E-state index contributed by atoms with van der Waals surface area (Å²) in [5, 5.41) is -0.378. The molecule has 0 fully saturated rings. The molecule has 5 nitrogen and oxygen atoms in total. The molecule has 0 aliphatic heterocycles. The molecule has 1 unspecified atom stereocenters. The van der Waals surface area contributed by atoms with Crippen molar-refractivity contribution >= 4 is 27.5 Å². The van der Waals surface area contributed by atoms with Gasteiger partial charge in [-0.3, -0.25) is 4.79 Å². The molecule has 0 bridgehead atoms. The van der Waals surface area contributed by atoms with Gasteiger partial charge in [0.25, 0.3) is 0 Å². The second kappa shape index (κ2) is 9.05. The third-order valence-corrected chi connectivity index (χ3v) is 7.17. The van der Waals surface area contributed by atoms with E-state index in [9.17, 15) is 13.2 Å². The average molecular weight is 387 g/mol. The van der Waals surface area contributed by atoms with Gasteiger partial charge >= 0.3 is 0 Å². The van der Waals surface area contributed by atoms with Gasteiger partial charge in [-0.05, 0) is 37.4 Å². The lowest BCUT2D eigenvalue weighted by Gasteiger charge is -2.30. The number of nitrogens with two attached hydrogens (primary N) is 1. The first kappa shape index (κ1) is 22.0. The first-order valence-corrected chi connectivity index (χ1v) is 11.0. The fourth-order valence-electron chi connectivity index (χ4n) is 2.52. The molecular weight excluding hydrogens is 356 g/mol. The summed E-state index contributed by atoms with van der Waals surface area (Å²) in [4.78, 5) is 15.3. The number of carbonyl (C=O) groups is 1. The van der Waals surface area contributed by atoms with E-state index in [2.05, 4.69) is 0 Å². The highest BCUT2D eigenvalue weighted by molar-refractivity contribution is 8.01. The molecule has 0 saturated carbocycles. The van der Waals surface area contributed by atoms with Crippen LogP contribution in [-0.2, 0) is 14.6 Å². The summed E-state index contributed by atoms with van der Waals surface area (Å²) in [7, 11) is -1.57. The Morgan fingerprint density at radius 3 is 2.48 bits per heavy atom. The highest BCUT2D eigenvalue weighted by atomic mass is 32.2. The molecule has 142 valence electrons. The van der Waals surface area contributed by atoms with E-state index < -0.39 is 9.84 Å². The van der Waals surface area contributed by atoms with Crippen LogP contribution in [0, 0.1) is 5.41 Å². The zero-order chi connectivity index (χ0) is 19.3. The third-order valence-electron chi connectivity index (χ3n) is 3.90. The van der Waals surface area contributed by atoms with Gasteiger partial charge < -0.3 is 10.6 Å². The minimum Gasteiger partial charge on any atom is -0.344 e. The van der Waals surface area contributed by atoms with Gasteiger partial charge in [0, 0.05) is 18.5 Å². The van der Waals surface area contributed by atoms with Gasteiger partial charge in [-0.1, -0.05) is 32.9 Å². The average Bonchev–Trinajstić information content (AvgIpc) is 2.54. The second-order valence-electron chi connectivity index (χ2n) is 7.09. The molecule has 0 aromatic heterocycles. The summed E-state index contributed by atoms with van der Waals surface area (Å²) in [6.07, 6.45) is 0.562. The van der Waals surface area contributed by atoms with Crippen molar-refractivity contribution in [2.45, 2.75) is 49.2 Å². The van der Waals surface area contributed by atoms with E-state index in [4.69, 9.17) is 5.73 Å². The molecule has 1 aromatic rings. The Balaban J connectivity index is 2.94. The Bertz CT molecular complexity index is 687. The monoisotopic (exact) mass is 386 g/mol. The number of hydrogen-bond acceptors (Lipinski definition) is 5. The lowest BCUT2D eigenvalue weighted by Crippen LogP contribution is -2.42. The standard InChI is InChI=1S/C18H30N2O3S2/c1-6-11-25(22,23)16-10-8-7-9-15(16)24-14(2)17(21)20(5)13-18(3,4)12-19/h7-10,14H,6,11-13,19H2,1-5H3. The highest BCUT2D eigenvalue weighted by Crippen LogP contribution is 2.31. The van der Waals surface area contributed by atoms with Crippen molar-refractivity contribution in [1.29, 1.82) is 0 Å². The Morgan fingerprint density at radius 1 is 1.32 bits per heavy atom. The number of rotatable bonds is 9. The van der Waals surface area contributed by atoms with E-state index in [1.165, 1.54) is 11.8 Å². The Morgan fingerprint density at radius 2 is 1.92 bits per heavy atom. The lowest BCUT2D eigenvalue weighted by molar-refractivity contribution is -0.130. The summed E-state index contributed by atoms with van der Waals surface area (Å²) in [6.45, 7) is 8.73. The van der Waals surface area contributed by atoms with Crippen LogP contribution in [0.4, 0.5) is 0 Å². The number of carbonyl (C=O) groups excluding carboxylic acids is 1. The summed E-state index contributed by atoms with van der Waals surface area (Å²) in [5.74, 6) is 0.0755. The molecule has 1 rings (SSSR count). The van der Waals surface area contributed by atoms with Crippen molar-refractivity contribution in [3.63, 3.8) is 0 Å². The van der Waals surface area contributed by atoms with Crippen LogP contribution >= 0.6 is 11.8 Å². The maximum Gasteiger partial charge on any atom is 0.235 e. The van der Waals surface area contributed by atoms with Gasteiger partial charge in [-0.15, -0.1) is 11.8 Å². The molecule has 7 heteroatoms. The van der Waals surface area contributed by atoms with Crippen molar-refractivity contribution in [3.05, 3.63) is 24.3 Å². The number of amides is 1. The molecule has 25 heavy (non-hydrogen) atoms. The second-order valence-corrected chi connectivity index (χ2v) is 10.5. The summed E-state index contributed by atoms with van der Waals surface area (Å²) in [6, 6.07) is 6.90. The zero-order valence-corrected chi connectivity index (χ0v) is 17.4. The number of hydrogen-bond donors (Lipinski definition) is 1. The summed E-state index contributed by atoms with van der Waals surface area (Å²) < 4.78 is 24.9. The lowest BCUT2D eigenvalue weighted by atomic mass is 9.93. The van der Waals surface area contributed by atoms with E-state index in [0.29, 0.717) is 29.3 Å². The van der Waals surface area contributed by atoms with Crippen molar-refractivity contribution in [1.82, 2.24) is 4.90 Å². The number of nitrogens with zero attached hydrogens (tertiary/aromatic N) is 1. The van der Waals surface area contributed by atoms with Gasteiger partial charge in [0.05, 0.1) is 15.9 Å². The van der Waals surface area contributed by atoms with Crippen LogP contribution in [0.2, 0.25) is 0 Å². The number of sulfone groups is 1. The van der Waals surface area contributed by atoms with Crippen LogP contribution in [0.1, 0.15) is 34.1 Å². The Hall–Kier alpha value is -1.05. The maximum absolute atomic E-state index is 12.6. The largest absolute Gasteiger partial charge is 0.344 e. The van der Waals surface area contributed by atoms with Gasteiger partial charge in [0.1, 0.15) is 0 Å². The van der Waals surface area contributed by atoms with Crippen LogP contribution in [0.3, 0.4) is 0 Å². The van der Waals surface area contributed by atoms with Crippen LogP contribution in [0.5, 0.6) is 0 Å². The Kier molecular flexibility index (Phi) is 7.96. The molecule has 0 saturated heterocycles. The summed E-state index contributed by atoms with van der Waals surface area (Å²) >= 11 is 1.29. The van der Waals surface area contributed by atoms with Gasteiger partial charge in [-0.25, -0.2) is 8.42 Å². The molecular formula is C18H30N2O3S2. The molecule has 2 N–H and O–H groups in total. The first-order chi connectivity index (χ1) is 11.5. The molecule has 0 aliphatic rings. The molecule has 0 radical (unpaired) electrons. The van der Waals surface area contributed by atoms with Crippen LogP contribution in [-0.4, -0.2) is 50.4 Å². The van der Waals surface area contributed by atoms with Gasteiger partial charge in [0.15, 0.2) is 9.84 Å².